The largest absolute Gasteiger partial charge is 0.508 e. The zero-order chi connectivity index (χ0) is 13.7. The first kappa shape index (κ1) is 13.0. The van der Waals surface area contributed by atoms with Crippen LogP contribution in [0.3, 0.4) is 0 Å². The fourth-order valence-corrected chi connectivity index (χ4v) is 1.88. The van der Waals surface area contributed by atoms with Crippen molar-refractivity contribution in [1.29, 1.82) is 0 Å². The molecule has 0 bridgehead atoms. The highest BCUT2D eigenvalue weighted by molar-refractivity contribution is 5.53. The van der Waals surface area contributed by atoms with Crippen molar-refractivity contribution in [2.45, 2.75) is 6.42 Å². The van der Waals surface area contributed by atoms with Crippen molar-refractivity contribution in [1.82, 2.24) is 0 Å². The van der Waals surface area contributed by atoms with Gasteiger partial charge in [0.25, 0.3) is 0 Å². The molecule has 0 fully saturated rings. The van der Waals surface area contributed by atoms with E-state index in [9.17, 15) is 10.2 Å². The van der Waals surface area contributed by atoms with Crippen molar-refractivity contribution >= 4 is 6.08 Å². The van der Waals surface area contributed by atoms with Crippen LogP contribution in [-0.2, 0) is 6.42 Å². The Morgan fingerprint density at radius 1 is 1.11 bits per heavy atom. The molecule has 0 aliphatic carbocycles. The van der Waals surface area contributed by atoms with Crippen molar-refractivity contribution in [3.05, 3.63) is 59.7 Å². The van der Waals surface area contributed by atoms with Crippen molar-refractivity contribution in [3.8, 4) is 17.2 Å². The second-order valence-corrected chi connectivity index (χ2v) is 4.16. The summed E-state index contributed by atoms with van der Waals surface area (Å²) in [5.74, 6) is 0.509. The van der Waals surface area contributed by atoms with Gasteiger partial charge in [-0.3, -0.25) is 0 Å². The highest BCUT2D eigenvalue weighted by Gasteiger charge is 2.09. The summed E-state index contributed by atoms with van der Waals surface area (Å²) in [5.41, 5.74) is 1.76. The minimum atomic E-state index is -0.00913. The lowest BCUT2D eigenvalue weighted by molar-refractivity contribution is 0.392. The number of benzene rings is 2. The average Bonchev–Trinajstić information content (AvgIpc) is 2.42. The molecule has 98 valence electrons. The summed E-state index contributed by atoms with van der Waals surface area (Å²) in [6, 6.07) is 12.7. The Morgan fingerprint density at radius 3 is 2.53 bits per heavy atom. The molecule has 3 heteroatoms. The zero-order valence-electron chi connectivity index (χ0n) is 10.7. The van der Waals surface area contributed by atoms with E-state index in [0.717, 1.165) is 5.56 Å². The Hall–Kier alpha value is -2.42. The Bertz CT molecular complexity index is 574. The topological polar surface area (TPSA) is 49.7 Å². The number of aromatic hydroxyl groups is 2. The summed E-state index contributed by atoms with van der Waals surface area (Å²) in [6.07, 6.45) is 4.46. The van der Waals surface area contributed by atoms with Gasteiger partial charge in [-0.1, -0.05) is 42.5 Å². The molecule has 0 spiro atoms. The molecule has 0 radical (unpaired) electrons. The van der Waals surface area contributed by atoms with Gasteiger partial charge in [-0.25, -0.2) is 0 Å². The average molecular weight is 256 g/mol. The molecule has 0 saturated heterocycles. The highest BCUT2D eigenvalue weighted by Crippen LogP contribution is 2.33. The number of ether oxygens (including phenoxy) is 1. The van der Waals surface area contributed by atoms with Gasteiger partial charge in [0.2, 0.25) is 0 Å². The number of allylic oxidation sites excluding steroid dienone is 1. The van der Waals surface area contributed by atoms with Crippen LogP contribution in [0.4, 0.5) is 0 Å². The van der Waals surface area contributed by atoms with E-state index in [-0.39, 0.29) is 11.5 Å². The molecular formula is C16H16O3. The van der Waals surface area contributed by atoms with Gasteiger partial charge in [0.15, 0.2) is 0 Å². The van der Waals surface area contributed by atoms with Crippen LogP contribution in [0, 0.1) is 0 Å². The van der Waals surface area contributed by atoms with Gasteiger partial charge < -0.3 is 14.9 Å². The molecule has 0 saturated carbocycles. The third kappa shape index (κ3) is 3.28. The van der Waals surface area contributed by atoms with Crippen LogP contribution in [0.1, 0.15) is 11.1 Å². The van der Waals surface area contributed by atoms with Crippen LogP contribution >= 0.6 is 0 Å². The number of hydrogen-bond donors (Lipinski definition) is 2. The fourth-order valence-electron chi connectivity index (χ4n) is 1.88. The molecular weight excluding hydrogens is 240 g/mol. The lowest BCUT2D eigenvalue weighted by atomic mass is 10.1. The molecule has 0 aliphatic heterocycles. The van der Waals surface area contributed by atoms with Gasteiger partial charge in [-0.2, -0.15) is 0 Å². The summed E-state index contributed by atoms with van der Waals surface area (Å²) in [7, 11) is 1.51. The second kappa shape index (κ2) is 5.96. The molecule has 0 aromatic heterocycles. The molecule has 2 aromatic carbocycles. The van der Waals surface area contributed by atoms with Crippen LogP contribution in [0.25, 0.3) is 6.08 Å². The maximum Gasteiger partial charge on any atom is 0.129 e. The molecule has 0 aliphatic rings. The monoisotopic (exact) mass is 256 g/mol. The minimum absolute atomic E-state index is 0.00913. The summed E-state index contributed by atoms with van der Waals surface area (Å²) in [4.78, 5) is 0. The van der Waals surface area contributed by atoms with Gasteiger partial charge in [0.1, 0.15) is 17.2 Å². The van der Waals surface area contributed by atoms with Crippen molar-refractivity contribution < 1.29 is 14.9 Å². The summed E-state index contributed by atoms with van der Waals surface area (Å²) >= 11 is 0. The Kier molecular flexibility index (Phi) is 4.08. The van der Waals surface area contributed by atoms with E-state index in [1.165, 1.54) is 19.2 Å². The summed E-state index contributed by atoms with van der Waals surface area (Å²) in [5, 5.41) is 19.2. The predicted molar refractivity (Wildman–Crippen MR) is 75.5 cm³/mol. The van der Waals surface area contributed by atoms with E-state index in [1.807, 2.05) is 42.5 Å². The van der Waals surface area contributed by atoms with Crippen LogP contribution < -0.4 is 4.74 Å². The predicted octanol–water partition coefficient (Wildman–Crippen LogP) is 3.36. The standard InChI is InChI=1S/C16H16O3/c1-19-16-11-13(17)10-15(18)14(16)9-5-8-12-6-3-2-4-7-12/h2-8,10-11,17-18H,9H2,1H3. The molecule has 19 heavy (non-hydrogen) atoms. The van der Waals surface area contributed by atoms with Crippen LogP contribution in [0.5, 0.6) is 17.2 Å². The Balaban J connectivity index is 2.18. The van der Waals surface area contributed by atoms with Gasteiger partial charge in [0.05, 0.1) is 7.11 Å². The number of rotatable bonds is 4. The number of phenolic OH excluding ortho intramolecular Hbond substituents is 2. The van der Waals surface area contributed by atoms with Crippen molar-refractivity contribution in [2.75, 3.05) is 7.11 Å². The maximum absolute atomic E-state index is 9.83. The Morgan fingerprint density at radius 2 is 1.84 bits per heavy atom. The fraction of sp³-hybridized carbons (Fsp3) is 0.125. The van der Waals surface area contributed by atoms with E-state index in [2.05, 4.69) is 0 Å². The molecule has 0 heterocycles. The van der Waals surface area contributed by atoms with Crippen molar-refractivity contribution in [3.63, 3.8) is 0 Å². The van der Waals surface area contributed by atoms with E-state index >= 15 is 0 Å². The second-order valence-electron chi connectivity index (χ2n) is 4.16. The van der Waals surface area contributed by atoms with Crippen LogP contribution in [-0.4, -0.2) is 17.3 Å². The molecule has 0 unspecified atom stereocenters. The number of hydrogen-bond acceptors (Lipinski definition) is 3. The van der Waals surface area contributed by atoms with Crippen molar-refractivity contribution in [2.24, 2.45) is 0 Å². The number of methoxy groups -OCH3 is 1. The van der Waals surface area contributed by atoms with Gasteiger partial charge >= 0.3 is 0 Å². The maximum atomic E-state index is 9.83. The molecule has 2 aromatic rings. The molecule has 3 nitrogen and oxygen atoms in total. The van der Waals surface area contributed by atoms with Gasteiger partial charge in [-0.05, 0) is 12.0 Å². The molecule has 2 rings (SSSR count). The van der Waals surface area contributed by atoms with E-state index < -0.39 is 0 Å². The first-order valence-electron chi connectivity index (χ1n) is 6.01. The van der Waals surface area contributed by atoms with Gasteiger partial charge in [0, 0.05) is 17.7 Å². The summed E-state index contributed by atoms with van der Waals surface area (Å²) < 4.78 is 5.16. The third-order valence-electron chi connectivity index (χ3n) is 2.82. The first-order chi connectivity index (χ1) is 9.20. The normalized spacial score (nSPS) is 10.8. The number of phenols is 2. The quantitative estimate of drug-likeness (QED) is 0.881. The van der Waals surface area contributed by atoms with E-state index in [0.29, 0.717) is 17.7 Å². The van der Waals surface area contributed by atoms with Crippen LogP contribution in [0.15, 0.2) is 48.5 Å². The Labute approximate surface area is 112 Å². The minimum Gasteiger partial charge on any atom is -0.508 e. The third-order valence-corrected chi connectivity index (χ3v) is 2.82. The summed E-state index contributed by atoms with van der Waals surface area (Å²) in [6.45, 7) is 0. The zero-order valence-corrected chi connectivity index (χ0v) is 10.7. The molecule has 2 N–H and O–H groups in total. The smallest absolute Gasteiger partial charge is 0.129 e. The highest BCUT2D eigenvalue weighted by atomic mass is 16.5. The lowest BCUT2D eigenvalue weighted by Crippen LogP contribution is -1.91. The van der Waals surface area contributed by atoms with Gasteiger partial charge in [-0.15, -0.1) is 0 Å². The van der Waals surface area contributed by atoms with E-state index in [1.54, 1.807) is 0 Å². The first-order valence-corrected chi connectivity index (χ1v) is 6.01. The molecule has 0 amide bonds. The molecule has 0 atom stereocenters. The van der Waals surface area contributed by atoms with Crippen LogP contribution in [0.2, 0.25) is 0 Å². The lowest BCUT2D eigenvalue weighted by Gasteiger charge is -2.09. The van der Waals surface area contributed by atoms with E-state index in [4.69, 9.17) is 4.74 Å². The SMILES string of the molecule is COc1cc(O)cc(O)c1CC=Cc1ccccc1.